The van der Waals surface area contributed by atoms with Gasteiger partial charge in [-0.3, -0.25) is 4.90 Å². The number of likely N-dealkylation sites (N-methyl/N-ethyl adjacent to an activating group) is 1. The van der Waals surface area contributed by atoms with Gasteiger partial charge in [0.2, 0.25) is 0 Å². The zero-order chi connectivity index (χ0) is 13.1. The minimum Gasteiger partial charge on any atom is -0.336 e. The lowest BCUT2D eigenvalue weighted by Crippen LogP contribution is -2.31. The van der Waals surface area contributed by atoms with Crippen LogP contribution in [0.5, 0.6) is 0 Å². The predicted octanol–water partition coefficient (Wildman–Crippen LogP) is 2.38. The van der Waals surface area contributed by atoms with Crippen molar-refractivity contribution >= 4 is 27.3 Å². The molecule has 0 spiro atoms. The Balaban J connectivity index is 2.11. The number of rotatable bonds is 5. The molecule has 0 amide bonds. The molecule has 2 N–H and O–H groups in total. The summed E-state index contributed by atoms with van der Waals surface area (Å²) in [4.78, 5) is 7.74. The van der Waals surface area contributed by atoms with Crippen LogP contribution in [-0.2, 0) is 13.6 Å². The molecule has 0 radical (unpaired) electrons. The summed E-state index contributed by atoms with van der Waals surface area (Å²) in [6.07, 6.45) is 3.70. The first-order chi connectivity index (χ1) is 8.61. The van der Waals surface area contributed by atoms with E-state index in [4.69, 9.17) is 5.73 Å². The quantitative estimate of drug-likeness (QED) is 0.916. The van der Waals surface area contributed by atoms with Gasteiger partial charge in [-0.25, -0.2) is 4.98 Å². The third-order valence-electron chi connectivity index (χ3n) is 2.98. The van der Waals surface area contributed by atoms with Gasteiger partial charge >= 0.3 is 0 Å². The number of nitrogens with two attached hydrogens (primary N) is 1. The maximum atomic E-state index is 5.90. The number of hydrogen-bond acceptors (Lipinski definition) is 4. The second-order valence-corrected chi connectivity index (χ2v) is 6.24. The largest absolute Gasteiger partial charge is 0.336 e. The maximum absolute atomic E-state index is 5.90. The van der Waals surface area contributed by atoms with E-state index in [2.05, 4.69) is 44.3 Å². The predicted molar refractivity (Wildman–Crippen MR) is 78.5 cm³/mol. The Morgan fingerprint density at radius 2 is 2.39 bits per heavy atom. The number of aryl methyl sites for hydroxylation is 1. The number of aromatic nitrogens is 2. The van der Waals surface area contributed by atoms with Gasteiger partial charge in [0.15, 0.2) is 0 Å². The zero-order valence-electron chi connectivity index (χ0n) is 10.5. The first-order valence-electron chi connectivity index (χ1n) is 5.71. The van der Waals surface area contributed by atoms with E-state index in [9.17, 15) is 0 Å². The number of hydrogen-bond donors (Lipinski definition) is 1. The molecule has 18 heavy (non-hydrogen) atoms. The second-order valence-electron chi connectivity index (χ2n) is 4.33. The van der Waals surface area contributed by atoms with Crippen LogP contribution in [0, 0.1) is 0 Å². The summed E-state index contributed by atoms with van der Waals surface area (Å²) in [5, 5.41) is 2.10. The number of imidazole rings is 1. The SMILES string of the molecule is CN(Cc1cc(Br)cs1)C(CN)c1cncn1C. The fraction of sp³-hybridized carbons (Fsp3) is 0.417. The molecular weight excluding hydrogens is 312 g/mol. The Morgan fingerprint density at radius 1 is 1.61 bits per heavy atom. The first-order valence-corrected chi connectivity index (χ1v) is 7.38. The maximum Gasteiger partial charge on any atom is 0.0946 e. The van der Waals surface area contributed by atoms with Crippen LogP contribution in [0.4, 0.5) is 0 Å². The van der Waals surface area contributed by atoms with Gasteiger partial charge in [-0.2, -0.15) is 0 Å². The van der Waals surface area contributed by atoms with E-state index < -0.39 is 0 Å². The highest BCUT2D eigenvalue weighted by Gasteiger charge is 2.18. The highest BCUT2D eigenvalue weighted by atomic mass is 79.9. The third kappa shape index (κ3) is 3.00. The van der Waals surface area contributed by atoms with Crippen molar-refractivity contribution in [1.82, 2.24) is 14.5 Å². The summed E-state index contributed by atoms with van der Waals surface area (Å²) in [7, 11) is 4.10. The van der Waals surface area contributed by atoms with Crippen LogP contribution in [0.25, 0.3) is 0 Å². The minimum atomic E-state index is 0.193. The Hall–Kier alpha value is -0.690. The van der Waals surface area contributed by atoms with Crippen molar-refractivity contribution in [2.75, 3.05) is 13.6 Å². The number of thiophene rings is 1. The molecule has 1 atom stereocenters. The summed E-state index contributed by atoms with van der Waals surface area (Å²) in [6.45, 7) is 1.48. The van der Waals surface area contributed by atoms with Gasteiger partial charge in [-0.05, 0) is 29.0 Å². The summed E-state index contributed by atoms with van der Waals surface area (Å²) in [5.74, 6) is 0. The van der Waals surface area contributed by atoms with Crippen LogP contribution in [0.3, 0.4) is 0 Å². The number of halogens is 1. The molecule has 0 bridgehead atoms. The molecule has 2 aromatic rings. The van der Waals surface area contributed by atoms with Gasteiger partial charge in [0.25, 0.3) is 0 Å². The van der Waals surface area contributed by atoms with E-state index in [1.54, 1.807) is 11.3 Å². The Morgan fingerprint density at radius 3 is 2.89 bits per heavy atom. The van der Waals surface area contributed by atoms with Crippen LogP contribution < -0.4 is 5.73 Å². The summed E-state index contributed by atoms with van der Waals surface area (Å²) < 4.78 is 3.17. The summed E-state index contributed by atoms with van der Waals surface area (Å²) >= 11 is 5.24. The van der Waals surface area contributed by atoms with Crippen LogP contribution in [0.2, 0.25) is 0 Å². The fourth-order valence-electron chi connectivity index (χ4n) is 2.01. The van der Waals surface area contributed by atoms with Crippen molar-refractivity contribution < 1.29 is 0 Å². The van der Waals surface area contributed by atoms with Crippen LogP contribution >= 0.6 is 27.3 Å². The average molecular weight is 329 g/mol. The number of nitrogens with zero attached hydrogens (tertiary/aromatic N) is 3. The van der Waals surface area contributed by atoms with Crippen LogP contribution in [0.1, 0.15) is 16.6 Å². The third-order valence-corrected chi connectivity index (χ3v) is 4.66. The molecule has 2 rings (SSSR count). The normalized spacial score (nSPS) is 13.2. The van der Waals surface area contributed by atoms with E-state index in [0.29, 0.717) is 6.54 Å². The van der Waals surface area contributed by atoms with Crippen molar-refractivity contribution in [3.63, 3.8) is 0 Å². The van der Waals surface area contributed by atoms with E-state index in [-0.39, 0.29) is 6.04 Å². The molecule has 0 saturated heterocycles. The lowest BCUT2D eigenvalue weighted by atomic mass is 10.2. The fourth-order valence-corrected chi connectivity index (χ4v) is 3.52. The Bertz CT molecular complexity index is 508. The van der Waals surface area contributed by atoms with Crippen LogP contribution in [0.15, 0.2) is 28.4 Å². The van der Waals surface area contributed by atoms with Crippen molar-refractivity contribution in [3.05, 3.63) is 39.0 Å². The molecule has 0 aliphatic carbocycles. The molecule has 0 aliphatic heterocycles. The molecule has 98 valence electrons. The topological polar surface area (TPSA) is 47.1 Å². The Kier molecular flexibility index (Phi) is 4.55. The van der Waals surface area contributed by atoms with Gasteiger partial charge < -0.3 is 10.3 Å². The van der Waals surface area contributed by atoms with E-state index in [0.717, 1.165) is 16.7 Å². The molecule has 2 aromatic heterocycles. The van der Waals surface area contributed by atoms with Crippen molar-refractivity contribution in [2.24, 2.45) is 12.8 Å². The van der Waals surface area contributed by atoms with Gasteiger partial charge in [0.1, 0.15) is 0 Å². The standard InChI is InChI=1S/C12H17BrN4S/c1-16(6-10-3-9(13)7-18-10)11(4-14)12-5-15-8-17(12)2/h3,5,7-8,11H,4,6,14H2,1-2H3. The van der Waals surface area contributed by atoms with Crippen LogP contribution in [-0.4, -0.2) is 28.0 Å². The molecule has 6 heteroatoms. The molecule has 4 nitrogen and oxygen atoms in total. The summed E-state index contributed by atoms with van der Waals surface area (Å²) in [5.41, 5.74) is 7.05. The van der Waals surface area contributed by atoms with Crippen molar-refractivity contribution in [3.8, 4) is 0 Å². The van der Waals surface area contributed by atoms with Crippen molar-refractivity contribution in [1.29, 1.82) is 0 Å². The second kappa shape index (κ2) is 5.97. The molecular formula is C12H17BrN4S. The minimum absolute atomic E-state index is 0.193. The highest BCUT2D eigenvalue weighted by Crippen LogP contribution is 2.24. The molecule has 0 fully saturated rings. The van der Waals surface area contributed by atoms with Crippen molar-refractivity contribution in [2.45, 2.75) is 12.6 Å². The molecule has 1 unspecified atom stereocenters. The first kappa shape index (κ1) is 13.7. The van der Waals surface area contributed by atoms with Gasteiger partial charge in [0.05, 0.1) is 18.1 Å². The highest BCUT2D eigenvalue weighted by molar-refractivity contribution is 9.10. The van der Waals surface area contributed by atoms with E-state index in [1.165, 1.54) is 4.88 Å². The molecule has 0 aromatic carbocycles. The molecule has 0 aliphatic rings. The lowest BCUT2D eigenvalue weighted by molar-refractivity contribution is 0.236. The molecule has 2 heterocycles. The monoisotopic (exact) mass is 328 g/mol. The van der Waals surface area contributed by atoms with Gasteiger partial charge in [-0.1, -0.05) is 0 Å². The van der Waals surface area contributed by atoms with Gasteiger partial charge in [0, 0.05) is 41.1 Å². The summed E-state index contributed by atoms with van der Waals surface area (Å²) in [6, 6.07) is 2.34. The smallest absolute Gasteiger partial charge is 0.0946 e. The molecule has 0 saturated carbocycles. The van der Waals surface area contributed by atoms with E-state index in [1.807, 2.05) is 24.1 Å². The average Bonchev–Trinajstić information content (AvgIpc) is 2.90. The van der Waals surface area contributed by atoms with Gasteiger partial charge in [-0.15, -0.1) is 11.3 Å². The van der Waals surface area contributed by atoms with E-state index >= 15 is 0 Å². The lowest BCUT2D eigenvalue weighted by Gasteiger charge is -2.26. The zero-order valence-corrected chi connectivity index (χ0v) is 12.9. The Labute approximate surface area is 120 Å².